The van der Waals surface area contributed by atoms with Crippen molar-refractivity contribution in [1.29, 1.82) is 0 Å². The van der Waals surface area contributed by atoms with Gasteiger partial charge in [0.05, 0.1) is 18.5 Å². The molecule has 1 aliphatic rings. The minimum Gasteiger partial charge on any atom is -0.479 e. The van der Waals surface area contributed by atoms with Crippen LogP contribution in [0.2, 0.25) is 0 Å². The van der Waals surface area contributed by atoms with E-state index in [1.54, 1.807) is 25.3 Å². The number of methoxy groups -OCH3 is 1. The van der Waals surface area contributed by atoms with Crippen LogP contribution >= 0.6 is 0 Å². The number of hydrogen-bond acceptors (Lipinski definition) is 5. The van der Waals surface area contributed by atoms with Crippen molar-refractivity contribution in [1.82, 2.24) is 15.2 Å². The lowest BCUT2D eigenvalue weighted by Gasteiger charge is -2.13. The van der Waals surface area contributed by atoms with Gasteiger partial charge < -0.3 is 19.7 Å². The number of nitrogens with zero attached hydrogens (tertiary/aromatic N) is 2. The van der Waals surface area contributed by atoms with Crippen LogP contribution in [0, 0.1) is 0 Å². The lowest BCUT2D eigenvalue weighted by molar-refractivity contribution is -0.132. The van der Waals surface area contributed by atoms with Crippen LogP contribution in [-0.4, -0.2) is 55.7 Å². The quantitative estimate of drug-likeness (QED) is 0.733. The van der Waals surface area contributed by atoms with E-state index in [4.69, 9.17) is 9.47 Å². The van der Waals surface area contributed by atoms with Gasteiger partial charge >= 0.3 is 0 Å². The summed E-state index contributed by atoms with van der Waals surface area (Å²) in [6, 6.07) is 3.75. The van der Waals surface area contributed by atoms with Gasteiger partial charge in [-0.15, -0.1) is 0 Å². The highest BCUT2D eigenvalue weighted by atomic mass is 16.5. The van der Waals surface area contributed by atoms with Crippen LogP contribution in [0.5, 0.6) is 5.75 Å². The molecule has 6 nitrogen and oxygen atoms in total. The molecule has 6 heteroatoms. The van der Waals surface area contributed by atoms with E-state index in [2.05, 4.69) is 10.3 Å². The van der Waals surface area contributed by atoms with E-state index in [1.807, 2.05) is 12.1 Å². The summed E-state index contributed by atoms with van der Waals surface area (Å²) in [5, 5.41) is 3.22. The first-order valence-corrected chi connectivity index (χ1v) is 6.77. The molecule has 1 aromatic rings. The second kappa shape index (κ2) is 7.21. The molecule has 1 fully saturated rings. The zero-order chi connectivity index (χ0) is 14.4. The third-order valence-electron chi connectivity index (χ3n) is 3.24. The summed E-state index contributed by atoms with van der Waals surface area (Å²) in [7, 11) is 3.46. The van der Waals surface area contributed by atoms with E-state index in [0.29, 0.717) is 18.9 Å². The maximum Gasteiger partial charge on any atom is 0.263 e. The van der Waals surface area contributed by atoms with E-state index >= 15 is 0 Å². The number of ether oxygens (including phenoxy) is 2. The summed E-state index contributed by atoms with van der Waals surface area (Å²) in [6.45, 7) is 2.91. The van der Waals surface area contributed by atoms with Crippen LogP contribution in [0.3, 0.4) is 0 Å². The predicted octanol–water partition coefficient (Wildman–Crippen LogP) is 0.427. The number of carbonyl (C=O) groups excluding carboxylic acids is 1. The Labute approximate surface area is 119 Å². The van der Waals surface area contributed by atoms with Crippen molar-refractivity contribution in [2.24, 2.45) is 0 Å². The number of carbonyl (C=O) groups is 1. The van der Waals surface area contributed by atoms with Gasteiger partial charge in [0.15, 0.2) is 6.10 Å². The van der Waals surface area contributed by atoms with Gasteiger partial charge in [-0.05, 0) is 12.1 Å². The fraction of sp³-hybridized carbons (Fsp3) is 0.571. The number of hydrogen-bond donors (Lipinski definition) is 1. The Balaban J connectivity index is 1.81. The van der Waals surface area contributed by atoms with Gasteiger partial charge in [0.2, 0.25) is 0 Å². The molecule has 0 aromatic carbocycles. The summed E-state index contributed by atoms with van der Waals surface area (Å²) in [4.78, 5) is 17.7. The molecule has 1 aliphatic heterocycles. The molecule has 1 atom stereocenters. The summed E-state index contributed by atoms with van der Waals surface area (Å²) in [6.07, 6.45) is 2.03. The fourth-order valence-electron chi connectivity index (χ4n) is 2.04. The Bertz CT molecular complexity index is 436. The van der Waals surface area contributed by atoms with Crippen LogP contribution in [0.15, 0.2) is 18.3 Å². The molecular weight excluding hydrogens is 258 g/mol. The smallest absolute Gasteiger partial charge is 0.263 e. The predicted molar refractivity (Wildman–Crippen MR) is 74.5 cm³/mol. The molecule has 0 bridgehead atoms. The average molecular weight is 279 g/mol. The standard InChI is InChI=1S/C14H21N3O3/c1-17-7-5-13(14(17)18)20-12-4-3-11(16-10-12)9-15-6-8-19-2/h3-4,10,13,15H,5-9H2,1-2H3. The van der Waals surface area contributed by atoms with Crippen molar-refractivity contribution in [3.63, 3.8) is 0 Å². The molecule has 0 aliphatic carbocycles. The number of pyridine rings is 1. The van der Waals surface area contributed by atoms with Crippen molar-refractivity contribution >= 4 is 5.91 Å². The molecule has 110 valence electrons. The Kier molecular flexibility index (Phi) is 5.31. The third kappa shape index (κ3) is 3.91. The maximum atomic E-state index is 11.7. The maximum absolute atomic E-state index is 11.7. The molecule has 0 radical (unpaired) electrons. The molecule has 0 spiro atoms. The minimum atomic E-state index is -0.368. The first-order chi connectivity index (χ1) is 9.70. The summed E-state index contributed by atoms with van der Waals surface area (Å²) in [5.74, 6) is 0.676. The average Bonchev–Trinajstić information content (AvgIpc) is 2.77. The summed E-state index contributed by atoms with van der Waals surface area (Å²) >= 11 is 0. The van der Waals surface area contributed by atoms with E-state index < -0.39 is 0 Å². The number of likely N-dealkylation sites (tertiary alicyclic amines) is 1. The Hall–Kier alpha value is -1.66. The zero-order valence-corrected chi connectivity index (χ0v) is 12.0. The summed E-state index contributed by atoms with van der Waals surface area (Å²) < 4.78 is 10.6. The fourth-order valence-corrected chi connectivity index (χ4v) is 2.04. The number of rotatable bonds is 7. The van der Waals surface area contributed by atoms with Crippen LogP contribution in [0.25, 0.3) is 0 Å². The van der Waals surface area contributed by atoms with Crippen LogP contribution in [0.4, 0.5) is 0 Å². The van der Waals surface area contributed by atoms with Gasteiger partial charge in [-0.1, -0.05) is 0 Å². The summed E-state index contributed by atoms with van der Waals surface area (Å²) in [5.41, 5.74) is 0.934. The van der Waals surface area contributed by atoms with Gasteiger partial charge in [0, 0.05) is 40.2 Å². The highest BCUT2D eigenvalue weighted by Crippen LogP contribution is 2.17. The topological polar surface area (TPSA) is 63.7 Å². The normalized spacial score (nSPS) is 18.6. The Morgan fingerprint density at radius 1 is 1.50 bits per heavy atom. The number of aromatic nitrogens is 1. The number of amides is 1. The lowest BCUT2D eigenvalue weighted by Crippen LogP contribution is -2.29. The van der Waals surface area contributed by atoms with Gasteiger partial charge in [-0.2, -0.15) is 0 Å². The van der Waals surface area contributed by atoms with E-state index in [-0.39, 0.29) is 12.0 Å². The second-order valence-electron chi connectivity index (χ2n) is 4.81. The monoisotopic (exact) mass is 279 g/mol. The molecule has 0 saturated carbocycles. The number of nitrogens with one attached hydrogen (secondary N) is 1. The molecule has 1 N–H and O–H groups in total. The van der Waals surface area contributed by atoms with Crippen molar-refractivity contribution in [3.8, 4) is 5.75 Å². The first kappa shape index (κ1) is 14.7. The van der Waals surface area contributed by atoms with Crippen molar-refractivity contribution in [3.05, 3.63) is 24.0 Å². The van der Waals surface area contributed by atoms with Gasteiger partial charge in [0.1, 0.15) is 5.75 Å². The lowest BCUT2D eigenvalue weighted by atomic mass is 10.3. The molecule has 1 unspecified atom stereocenters. The Morgan fingerprint density at radius 2 is 2.35 bits per heavy atom. The molecule has 20 heavy (non-hydrogen) atoms. The molecule has 1 amide bonds. The SMILES string of the molecule is COCCNCc1ccc(OC2CCN(C)C2=O)cn1. The molecule has 1 aromatic heterocycles. The van der Waals surface area contributed by atoms with E-state index in [0.717, 1.165) is 25.2 Å². The second-order valence-corrected chi connectivity index (χ2v) is 4.81. The molecule has 2 heterocycles. The van der Waals surface area contributed by atoms with Gasteiger partial charge in [-0.3, -0.25) is 9.78 Å². The zero-order valence-electron chi connectivity index (χ0n) is 12.0. The first-order valence-electron chi connectivity index (χ1n) is 6.77. The van der Waals surface area contributed by atoms with Crippen molar-refractivity contribution in [2.45, 2.75) is 19.1 Å². The minimum absolute atomic E-state index is 0.0373. The van der Waals surface area contributed by atoms with E-state index in [1.165, 1.54) is 0 Å². The highest BCUT2D eigenvalue weighted by Gasteiger charge is 2.30. The van der Waals surface area contributed by atoms with Crippen molar-refractivity contribution in [2.75, 3.05) is 33.9 Å². The molecule has 1 saturated heterocycles. The Morgan fingerprint density at radius 3 is 2.95 bits per heavy atom. The highest BCUT2D eigenvalue weighted by molar-refractivity contribution is 5.83. The largest absolute Gasteiger partial charge is 0.479 e. The van der Waals surface area contributed by atoms with Crippen LogP contribution in [0.1, 0.15) is 12.1 Å². The van der Waals surface area contributed by atoms with E-state index in [9.17, 15) is 4.79 Å². The van der Waals surface area contributed by atoms with Crippen LogP contribution < -0.4 is 10.1 Å². The van der Waals surface area contributed by atoms with Gasteiger partial charge in [0.25, 0.3) is 5.91 Å². The van der Waals surface area contributed by atoms with Crippen molar-refractivity contribution < 1.29 is 14.3 Å². The number of likely N-dealkylation sites (N-methyl/N-ethyl adjacent to an activating group) is 1. The van der Waals surface area contributed by atoms with Gasteiger partial charge in [-0.25, -0.2) is 0 Å². The molecular formula is C14H21N3O3. The third-order valence-corrected chi connectivity index (χ3v) is 3.24. The van der Waals surface area contributed by atoms with Crippen LogP contribution in [-0.2, 0) is 16.1 Å². The molecule has 2 rings (SSSR count).